The molecular weight excluding hydrogens is 434 g/mol. The first-order chi connectivity index (χ1) is 16.5. The fraction of sp³-hybridized carbons (Fsp3) is 0.0769. The number of ether oxygens (including phenoxy) is 1. The number of amides is 3. The van der Waals surface area contributed by atoms with Crippen LogP contribution in [-0.2, 0) is 9.53 Å². The topological polar surface area (TPSA) is 114 Å². The second-order valence-corrected chi connectivity index (χ2v) is 7.06. The standard InChI is InChI=1S/C26H23N3O5/c1-2-15-34-25(32)19-11-8-12-20(16-19)28-26(33)27-17-23(30)29-22-14-7-6-13-21(22)24(31)18-9-4-3-5-10-18/h2-14,16H,1,15,17H2,(H,29,30)(H2,27,28,33). The number of para-hydroxylation sites is 1. The van der Waals surface area contributed by atoms with Crippen LogP contribution in [0.4, 0.5) is 16.2 Å². The van der Waals surface area contributed by atoms with Crippen molar-refractivity contribution in [2.45, 2.75) is 0 Å². The zero-order valence-electron chi connectivity index (χ0n) is 18.2. The molecule has 0 aromatic heterocycles. The molecule has 0 radical (unpaired) electrons. The molecule has 34 heavy (non-hydrogen) atoms. The molecular formula is C26H23N3O5. The van der Waals surface area contributed by atoms with Gasteiger partial charge in [-0.05, 0) is 30.3 Å². The molecule has 0 aliphatic carbocycles. The van der Waals surface area contributed by atoms with Gasteiger partial charge in [0.05, 0.1) is 17.8 Å². The van der Waals surface area contributed by atoms with Gasteiger partial charge in [0.2, 0.25) is 5.91 Å². The van der Waals surface area contributed by atoms with Crippen molar-refractivity contribution in [3.63, 3.8) is 0 Å². The van der Waals surface area contributed by atoms with Crippen LogP contribution in [0, 0.1) is 0 Å². The lowest BCUT2D eigenvalue weighted by Gasteiger charge is -2.12. The van der Waals surface area contributed by atoms with Gasteiger partial charge in [0.15, 0.2) is 5.78 Å². The molecule has 0 saturated carbocycles. The minimum Gasteiger partial charge on any atom is -0.458 e. The van der Waals surface area contributed by atoms with Crippen LogP contribution in [0.2, 0.25) is 0 Å². The van der Waals surface area contributed by atoms with Gasteiger partial charge in [-0.15, -0.1) is 0 Å². The molecule has 8 heteroatoms. The maximum atomic E-state index is 12.8. The van der Waals surface area contributed by atoms with Crippen molar-refractivity contribution in [3.8, 4) is 0 Å². The number of carbonyl (C=O) groups excluding carboxylic acids is 4. The second-order valence-electron chi connectivity index (χ2n) is 7.06. The minimum atomic E-state index is -0.639. The first kappa shape index (κ1) is 23.9. The highest BCUT2D eigenvalue weighted by Crippen LogP contribution is 2.19. The Morgan fingerprint density at radius 3 is 2.29 bits per heavy atom. The average Bonchev–Trinajstić information content (AvgIpc) is 2.86. The highest BCUT2D eigenvalue weighted by Gasteiger charge is 2.15. The highest BCUT2D eigenvalue weighted by molar-refractivity contribution is 6.14. The van der Waals surface area contributed by atoms with E-state index in [1.165, 1.54) is 12.1 Å². The van der Waals surface area contributed by atoms with Crippen LogP contribution in [0.5, 0.6) is 0 Å². The van der Waals surface area contributed by atoms with E-state index in [4.69, 9.17) is 4.74 Å². The van der Waals surface area contributed by atoms with Gasteiger partial charge < -0.3 is 20.7 Å². The molecule has 3 rings (SSSR count). The molecule has 0 aliphatic rings. The van der Waals surface area contributed by atoms with E-state index in [-0.39, 0.29) is 24.5 Å². The molecule has 3 amide bonds. The van der Waals surface area contributed by atoms with Crippen molar-refractivity contribution in [3.05, 3.63) is 108 Å². The first-order valence-corrected chi connectivity index (χ1v) is 10.4. The average molecular weight is 457 g/mol. The summed E-state index contributed by atoms with van der Waals surface area (Å²) in [5.74, 6) is -1.29. The van der Waals surface area contributed by atoms with E-state index >= 15 is 0 Å². The summed E-state index contributed by atoms with van der Waals surface area (Å²) < 4.78 is 4.97. The monoisotopic (exact) mass is 457 g/mol. The van der Waals surface area contributed by atoms with Crippen LogP contribution < -0.4 is 16.0 Å². The molecule has 0 fully saturated rings. The molecule has 0 aliphatic heterocycles. The van der Waals surface area contributed by atoms with Crippen molar-refractivity contribution >= 4 is 35.1 Å². The lowest BCUT2D eigenvalue weighted by atomic mass is 10.0. The van der Waals surface area contributed by atoms with Crippen LogP contribution in [0.15, 0.2) is 91.5 Å². The summed E-state index contributed by atoms with van der Waals surface area (Å²) in [7, 11) is 0. The van der Waals surface area contributed by atoms with Gasteiger partial charge in [-0.1, -0.05) is 61.2 Å². The summed E-state index contributed by atoms with van der Waals surface area (Å²) in [6.45, 7) is 3.22. The Balaban J connectivity index is 1.56. The molecule has 172 valence electrons. The number of esters is 1. The number of anilines is 2. The molecule has 8 nitrogen and oxygen atoms in total. The quantitative estimate of drug-likeness (QED) is 0.255. The summed E-state index contributed by atoms with van der Waals surface area (Å²) >= 11 is 0. The largest absolute Gasteiger partial charge is 0.458 e. The van der Waals surface area contributed by atoms with Gasteiger partial charge in [0, 0.05) is 16.8 Å². The van der Waals surface area contributed by atoms with Crippen molar-refractivity contribution < 1.29 is 23.9 Å². The minimum absolute atomic E-state index is 0.0756. The number of carbonyl (C=O) groups is 4. The third kappa shape index (κ3) is 6.64. The van der Waals surface area contributed by atoms with E-state index in [1.54, 1.807) is 66.7 Å². The Labute approximate surface area is 196 Å². The van der Waals surface area contributed by atoms with Crippen molar-refractivity contribution in [1.29, 1.82) is 0 Å². The van der Waals surface area contributed by atoms with Gasteiger partial charge in [0.25, 0.3) is 0 Å². The number of ketones is 1. The predicted octanol–water partition coefficient (Wildman–Crippen LogP) is 4.02. The Bertz CT molecular complexity index is 1210. The predicted molar refractivity (Wildman–Crippen MR) is 129 cm³/mol. The maximum Gasteiger partial charge on any atom is 0.338 e. The second kappa shape index (κ2) is 11.8. The molecule has 3 aromatic rings. The number of rotatable bonds is 9. The normalized spacial score (nSPS) is 10.0. The molecule has 0 atom stereocenters. The summed E-state index contributed by atoms with van der Waals surface area (Å²) in [6, 6.07) is 20.9. The molecule has 0 bridgehead atoms. The van der Waals surface area contributed by atoms with E-state index < -0.39 is 17.9 Å². The fourth-order valence-electron chi connectivity index (χ4n) is 3.01. The number of hydrogen-bond acceptors (Lipinski definition) is 5. The highest BCUT2D eigenvalue weighted by atomic mass is 16.5. The lowest BCUT2D eigenvalue weighted by Crippen LogP contribution is -2.36. The zero-order chi connectivity index (χ0) is 24.3. The van der Waals surface area contributed by atoms with Crippen molar-refractivity contribution in [1.82, 2.24) is 5.32 Å². The van der Waals surface area contributed by atoms with E-state index in [0.29, 0.717) is 22.5 Å². The van der Waals surface area contributed by atoms with Gasteiger partial charge >= 0.3 is 12.0 Å². The summed E-state index contributed by atoms with van der Waals surface area (Å²) in [5, 5.41) is 7.64. The third-order valence-electron chi connectivity index (χ3n) is 4.58. The molecule has 0 unspecified atom stereocenters. The Morgan fingerprint density at radius 1 is 0.824 bits per heavy atom. The van der Waals surface area contributed by atoms with E-state index in [1.807, 2.05) is 6.07 Å². The molecule has 0 saturated heterocycles. The summed E-state index contributed by atoms with van der Waals surface area (Å²) in [6.07, 6.45) is 1.45. The van der Waals surface area contributed by atoms with Crippen molar-refractivity contribution in [2.24, 2.45) is 0 Å². The van der Waals surface area contributed by atoms with E-state index in [0.717, 1.165) is 0 Å². The summed E-state index contributed by atoms with van der Waals surface area (Å²) in [5.41, 5.74) is 1.79. The van der Waals surface area contributed by atoms with Crippen LogP contribution in [0.25, 0.3) is 0 Å². The zero-order valence-corrected chi connectivity index (χ0v) is 18.2. The van der Waals surface area contributed by atoms with Gasteiger partial charge in [-0.25, -0.2) is 9.59 Å². The van der Waals surface area contributed by atoms with Gasteiger partial charge in [-0.2, -0.15) is 0 Å². The smallest absolute Gasteiger partial charge is 0.338 e. The van der Waals surface area contributed by atoms with E-state index in [9.17, 15) is 19.2 Å². The lowest BCUT2D eigenvalue weighted by molar-refractivity contribution is -0.115. The number of hydrogen-bond donors (Lipinski definition) is 3. The van der Waals surface area contributed by atoms with Crippen LogP contribution in [0.3, 0.4) is 0 Å². The summed E-state index contributed by atoms with van der Waals surface area (Å²) in [4.78, 5) is 49.3. The van der Waals surface area contributed by atoms with Crippen LogP contribution in [-0.4, -0.2) is 36.8 Å². The Morgan fingerprint density at radius 2 is 1.53 bits per heavy atom. The molecule has 3 N–H and O–H groups in total. The van der Waals surface area contributed by atoms with Crippen LogP contribution in [0.1, 0.15) is 26.3 Å². The van der Waals surface area contributed by atoms with Gasteiger partial charge in [0.1, 0.15) is 6.61 Å². The Kier molecular flexibility index (Phi) is 8.29. The number of nitrogens with one attached hydrogen (secondary N) is 3. The molecule has 3 aromatic carbocycles. The SMILES string of the molecule is C=CCOC(=O)c1cccc(NC(=O)NCC(=O)Nc2ccccc2C(=O)c2ccccc2)c1. The van der Waals surface area contributed by atoms with E-state index in [2.05, 4.69) is 22.5 Å². The first-order valence-electron chi connectivity index (χ1n) is 10.4. The number of urea groups is 1. The van der Waals surface area contributed by atoms with Crippen molar-refractivity contribution in [2.75, 3.05) is 23.8 Å². The molecule has 0 spiro atoms. The van der Waals surface area contributed by atoms with Crippen LogP contribution >= 0.6 is 0 Å². The third-order valence-corrected chi connectivity index (χ3v) is 4.58. The number of benzene rings is 3. The van der Waals surface area contributed by atoms with Gasteiger partial charge in [-0.3, -0.25) is 9.59 Å². The fourth-order valence-corrected chi connectivity index (χ4v) is 3.01. The molecule has 0 heterocycles. The maximum absolute atomic E-state index is 12.8. The Hall–Kier alpha value is -4.72.